The normalized spacial score (nSPS) is 19.5. The Hall–Kier alpha value is -1.42. The van der Waals surface area contributed by atoms with Crippen LogP contribution in [0.1, 0.15) is 25.7 Å². The average Bonchev–Trinajstić information content (AvgIpc) is 2.38. The summed E-state index contributed by atoms with van der Waals surface area (Å²) in [7, 11) is 0. The summed E-state index contributed by atoms with van der Waals surface area (Å²) in [4.78, 5) is 11.6. The van der Waals surface area contributed by atoms with E-state index in [1.54, 1.807) is 6.07 Å². The molecule has 0 aliphatic carbocycles. The fourth-order valence-corrected chi connectivity index (χ4v) is 2.21. The van der Waals surface area contributed by atoms with E-state index in [4.69, 9.17) is 4.74 Å². The zero-order valence-corrected chi connectivity index (χ0v) is 10.3. The third-order valence-corrected chi connectivity index (χ3v) is 3.18. The molecule has 1 aliphatic heterocycles. The summed E-state index contributed by atoms with van der Waals surface area (Å²) in [6.07, 6.45) is 3.56. The lowest BCUT2D eigenvalue weighted by Gasteiger charge is -2.22. The molecular formula is C14H18FNO2. The Morgan fingerprint density at radius 1 is 1.50 bits per heavy atom. The summed E-state index contributed by atoms with van der Waals surface area (Å²) in [6.45, 7) is 2.05. The van der Waals surface area contributed by atoms with E-state index in [0.29, 0.717) is 12.3 Å². The van der Waals surface area contributed by atoms with Crippen LogP contribution in [0.3, 0.4) is 0 Å². The van der Waals surface area contributed by atoms with E-state index in [9.17, 15) is 9.18 Å². The second kappa shape index (κ2) is 6.50. The highest BCUT2D eigenvalue weighted by molar-refractivity contribution is 5.72. The van der Waals surface area contributed by atoms with E-state index in [1.165, 1.54) is 31.0 Å². The number of hydrogen-bond acceptors (Lipinski definition) is 3. The van der Waals surface area contributed by atoms with Crippen molar-refractivity contribution < 1.29 is 13.9 Å². The lowest BCUT2D eigenvalue weighted by molar-refractivity contribution is -0.134. The number of nitrogens with one attached hydrogen (secondary N) is 1. The number of carbonyl (C=O) groups excluding carboxylic acids is 1. The molecule has 1 aliphatic rings. The van der Waals surface area contributed by atoms with Gasteiger partial charge in [0.25, 0.3) is 0 Å². The Morgan fingerprint density at radius 3 is 3.11 bits per heavy atom. The maximum Gasteiger partial charge on any atom is 0.311 e. The van der Waals surface area contributed by atoms with Gasteiger partial charge in [-0.3, -0.25) is 4.79 Å². The molecular weight excluding hydrogens is 233 g/mol. The van der Waals surface area contributed by atoms with Gasteiger partial charge in [-0.1, -0.05) is 6.07 Å². The largest absolute Gasteiger partial charge is 0.426 e. The molecule has 1 unspecified atom stereocenters. The first-order chi connectivity index (χ1) is 8.74. The maximum absolute atomic E-state index is 12.9. The zero-order valence-electron chi connectivity index (χ0n) is 10.3. The Morgan fingerprint density at radius 2 is 2.39 bits per heavy atom. The quantitative estimate of drug-likeness (QED) is 0.660. The van der Waals surface area contributed by atoms with E-state index < -0.39 is 5.82 Å². The third kappa shape index (κ3) is 4.11. The van der Waals surface area contributed by atoms with E-state index in [2.05, 4.69) is 5.32 Å². The summed E-state index contributed by atoms with van der Waals surface area (Å²) in [6, 6.07) is 5.66. The number of carbonyl (C=O) groups is 1. The second-order valence-corrected chi connectivity index (χ2v) is 4.68. The fraction of sp³-hybridized carbons (Fsp3) is 0.500. The van der Waals surface area contributed by atoms with Crippen molar-refractivity contribution in [3.05, 3.63) is 30.1 Å². The predicted octanol–water partition coefficient (Wildman–Crippen LogP) is 2.51. The van der Waals surface area contributed by atoms with Gasteiger partial charge >= 0.3 is 5.97 Å². The van der Waals surface area contributed by atoms with Crippen molar-refractivity contribution in [1.29, 1.82) is 0 Å². The van der Waals surface area contributed by atoms with Gasteiger partial charge in [-0.25, -0.2) is 4.39 Å². The molecule has 0 spiro atoms. The van der Waals surface area contributed by atoms with Crippen molar-refractivity contribution in [2.45, 2.75) is 25.7 Å². The van der Waals surface area contributed by atoms with Crippen LogP contribution in [-0.4, -0.2) is 19.1 Å². The van der Waals surface area contributed by atoms with E-state index in [-0.39, 0.29) is 11.7 Å². The van der Waals surface area contributed by atoms with E-state index in [0.717, 1.165) is 19.5 Å². The number of halogens is 1. The van der Waals surface area contributed by atoms with Crippen LogP contribution < -0.4 is 10.1 Å². The van der Waals surface area contributed by atoms with Crippen LogP contribution in [0.2, 0.25) is 0 Å². The van der Waals surface area contributed by atoms with Crippen LogP contribution >= 0.6 is 0 Å². The average molecular weight is 251 g/mol. The third-order valence-electron chi connectivity index (χ3n) is 3.18. The topological polar surface area (TPSA) is 38.3 Å². The van der Waals surface area contributed by atoms with Crippen LogP contribution in [-0.2, 0) is 4.79 Å². The maximum atomic E-state index is 12.9. The van der Waals surface area contributed by atoms with Crippen molar-refractivity contribution in [2.75, 3.05) is 13.1 Å². The lowest BCUT2D eigenvalue weighted by Crippen LogP contribution is -2.30. The molecule has 0 radical (unpaired) electrons. The number of esters is 1. The standard InChI is InChI=1S/C14H18FNO2/c15-12-4-1-5-13(9-12)18-14(17)7-6-11-3-2-8-16-10-11/h1,4-5,9,11,16H,2-3,6-8,10H2. The number of ether oxygens (including phenoxy) is 1. The van der Waals surface area contributed by atoms with Gasteiger partial charge in [-0.15, -0.1) is 0 Å². The summed E-state index contributed by atoms with van der Waals surface area (Å²) in [5, 5.41) is 3.31. The molecule has 1 fully saturated rings. The number of rotatable bonds is 4. The summed E-state index contributed by atoms with van der Waals surface area (Å²) >= 11 is 0. The number of benzene rings is 1. The van der Waals surface area contributed by atoms with Crippen molar-refractivity contribution in [3.8, 4) is 5.75 Å². The first-order valence-electron chi connectivity index (χ1n) is 6.41. The number of piperidine rings is 1. The molecule has 1 N–H and O–H groups in total. The zero-order chi connectivity index (χ0) is 12.8. The first-order valence-corrected chi connectivity index (χ1v) is 6.41. The van der Waals surface area contributed by atoms with Crippen LogP contribution in [0.5, 0.6) is 5.75 Å². The number of hydrogen-bond donors (Lipinski definition) is 1. The Kier molecular flexibility index (Phi) is 4.70. The molecule has 3 nitrogen and oxygen atoms in total. The van der Waals surface area contributed by atoms with Crippen LogP contribution in [0.4, 0.5) is 4.39 Å². The molecule has 1 saturated heterocycles. The molecule has 98 valence electrons. The predicted molar refractivity (Wildman–Crippen MR) is 66.9 cm³/mol. The monoisotopic (exact) mass is 251 g/mol. The molecule has 4 heteroatoms. The van der Waals surface area contributed by atoms with Crippen molar-refractivity contribution in [1.82, 2.24) is 5.32 Å². The summed E-state index contributed by atoms with van der Waals surface area (Å²) in [5.41, 5.74) is 0. The Labute approximate surface area is 106 Å². The van der Waals surface area contributed by atoms with Crippen molar-refractivity contribution >= 4 is 5.97 Å². The first kappa shape index (κ1) is 13.0. The molecule has 0 amide bonds. The second-order valence-electron chi connectivity index (χ2n) is 4.68. The molecule has 1 heterocycles. The van der Waals surface area contributed by atoms with Crippen LogP contribution in [0.25, 0.3) is 0 Å². The minimum atomic E-state index is -0.392. The van der Waals surface area contributed by atoms with Gasteiger partial charge < -0.3 is 10.1 Å². The highest BCUT2D eigenvalue weighted by Crippen LogP contribution is 2.17. The molecule has 1 aromatic carbocycles. The van der Waals surface area contributed by atoms with Crippen molar-refractivity contribution in [2.24, 2.45) is 5.92 Å². The molecule has 0 bridgehead atoms. The molecule has 1 atom stereocenters. The molecule has 0 saturated carbocycles. The van der Waals surface area contributed by atoms with Gasteiger partial charge in [0.15, 0.2) is 0 Å². The van der Waals surface area contributed by atoms with Gasteiger partial charge in [-0.05, 0) is 50.4 Å². The van der Waals surface area contributed by atoms with Gasteiger partial charge in [0.05, 0.1) is 0 Å². The minimum absolute atomic E-state index is 0.279. The highest BCUT2D eigenvalue weighted by Gasteiger charge is 2.15. The van der Waals surface area contributed by atoms with Crippen LogP contribution in [0, 0.1) is 11.7 Å². The van der Waals surface area contributed by atoms with Gasteiger partial charge in [0.1, 0.15) is 11.6 Å². The smallest absolute Gasteiger partial charge is 0.311 e. The van der Waals surface area contributed by atoms with E-state index in [1.807, 2.05) is 0 Å². The summed E-state index contributed by atoms with van der Waals surface area (Å²) < 4.78 is 18.0. The van der Waals surface area contributed by atoms with Gasteiger partial charge in [0.2, 0.25) is 0 Å². The SMILES string of the molecule is O=C(CCC1CCCNC1)Oc1cccc(F)c1. The fourth-order valence-electron chi connectivity index (χ4n) is 2.21. The molecule has 0 aromatic heterocycles. The Bertz CT molecular complexity index is 403. The van der Waals surface area contributed by atoms with Crippen LogP contribution in [0.15, 0.2) is 24.3 Å². The van der Waals surface area contributed by atoms with Gasteiger partial charge in [-0.2, -0.15) is 0 Å². The minimum Gasteiger partial charge on any atom is -0.426 e. The lowest BCUT2D eigenvalue weighted by atomic mass is 9.95. The van der Waals surface area contributed by atoms with Gasteiger partial charge in [0, 0.05) is 12.5 Å². The highest BCUT2D eigenvalue weighted by atomic mass is 19.1. The molecule has 18 heavy (non-hydrogen) atoms. The molecule has 2 rings (SSSR count). The van der Waals surface area contributed by atoms with E-state index >= 15 is 0 Å². The molecule has 1 aromatic rings. The van der Waals surface area contributed by atoms with Crippen molar-refractivity contribution in [3.63, 3.8) is 0 Å². The Balaban J connectivity index is 1.74. The summed E-state index contributed by atoms with van der Waals surface area (Å²) in [5.74, 6) is 0.156.